The second kappa shape index (κ2) is 7.78. The summed E-state index contributed by atoms with van der Waals surface area (Å²) in [5.41, 5.74) is 3.08. The molecule has 31 heavy (non-hydrogen) atoms. The van der Waals surface area contributed by atoms with Gasteiger partial charge in [-0.05, 0) is 13.8 Å². The molecule has 0 aliphatic rings. The minimum absolute atomic E-state index is 0.234. The Bertz CT molecular complexity index is 1260. The Morgan fingerprint density at radius 3 is 2.58 bits per heavy atom. The maximum Gasteiger partial charge on any atom is 0.344 e. The zero-order valence-electron chi connectivity index (χ0n) is 18.1. The third-order valence-electron chi connectivity index (χ3n) is 4.62. The molecule has 4 rings (SSSR count). The number of hydrogen-bond acceptors (Lipinski definition) is 7. The van der Waals surface area contributed by atoms with Crippen molar-refractivity contribution in [3.05, 3.63) is 47.4 Å². The molecule has 3 heterocycles. The van der Waals surface area contributed by atoms with Gasteiger partial charge in [-0.3, -0.25) is 5.10 Å². The Balaban J connectivity index is 1.84. The third-order valence-corrected chi connectivity index (χ3v) is 4.62. The number of carbonyl (C=O) groups excluding carboxylic acids is 1. The number of benzene rings is 1. The summed E-state index contributed by atoms with van der Waals surface area (Å²) in [5, 5.41) is 24.8. The van der Waals surface area contributed by atoms with Crippen LogP contribution in [-0.2, 0) is 10.2 Å². The van der Waals surface area contributed by atoms with Crippen molar-refractivity contribution >= 4 is 23.1 Å². The van der Waals surface area contributed by atoms with Gasteiger partial charge >= 0.3 is 5.97 Å². The van der Waals surface area contributed by atoms with E-state index in [1.165, 1.54) is 4.63 Å². The molecule has 0 unspecified atom stereocenters. The number of azo groups is 1. The van der Waals surface area contributed by atoms with Gasteiger partial charge in [-0.25, -0.2) is 4.79 Å². The molecule has 0 bridgehead atoms. The van der Waals surface area contributed by atoms with Crippen molar-refractivity contribution in [2.24, 2.45) is 10.2 Å². The van der Waals surface area contributed by atoms with Crippen molar-refractivity contribution in [3.63, 3.8) is 0 Å². The lowest BCUT2D eigenvalue weighted by atomic mass is 9.89. The van der Waals surface area contributed by atoms with E-state index in [0.717, 1.165) is 5.56 Å². The number of nitrogens with zero attached hydrogens (tertiary/aromatic N) is 6. The molecule has 2 N–H and O–H groups in total. The van der Waals surface area contributed by atoms with Gasteiger partial charge in [0.15, 0.2) is 17.2 Å². The highest BCUT2D eigenvalue weighted by Gasteiger charge is 2.30. The van der Waals surface area contributed by atoms with Crippen molar-refractivity contribution in [2.75, 3.05) is 6.61 Å². The summed E-state index contributed by atoms with van der Waals surface area (Å²) in [6, 6.07) is 9.65. The first-order valence-electron chi connectivity index (χ1n) is 9.98. The van der Waals surface area contributed by atoms with Gasteiger partial charge in [-0.2, -0.15) is 5.10 Å². The van der Waals surface area contributed by atoms with E-state index >= 15 is 0 Å². The Kier molecular flexibility index (Phi) is 5.14. The Labute approximate surface area is 178 Å². The first-order chi connectivity index (χ1) is 14.8. The molecule has 0 radical (unpaired) electrons. The van der Waals surface area contributed by atoms with Crippen LogP contribution in [0.3, 0.4) is 0 Å². The topological polar surface area (TPSA) is 126 Å². The van der Waals surface area contributed by atoms with Gasteiger partial charge in [-0.15, -0.1) is 25.1 Å². The molecule has 1 aromatic carbocycles. The van der Waals surface area contributed by atoms with Crippen LogP contribution in [0.25, 0.3) is 16.9 Å². The van der Waals surface area contributed by atoms with E-state index in [1.54, 1.807) is 6.92 Å². The molecular formula is C21H24N8O2. The molecule has 0 saturated heterocycles. The van der Waals surface area contributed by atoms with E-state index in [9.17, 15) is 4.79 Å². The predicted octanol–water partition coefficient (Wildman–Crippen LogP) is 4.65. The fourth-order valence-corrected chi connectivity index (χ4v) is 3.25. The number of aromatic amines is 2. The molecule has 0 aliphatic carbocycles. The highest BCUT2D eigenvalue weighted by molar-refractivity contribution is 5.95. The molecule has 0 aliphatic heterocycles. The number of aromatic nitrogens is 6. The van der Waals surface area contributed by atoms with E-state index < -0.39 is 5.97 Å². The average Bonchev–Trinajstić information content (AvgIpc) is 3.39. The Morgan fingerprint density at radius 1 is 1.16 bits per heavy atom. The van der Waals surface area contributed by atoms with Crippen molar-refractivity contribution in [1.82, 2.24) is 30.0 Å². The third kappa shape index (κ3) is 3.83. The van der Waals surface area contributed by atoms with Crippen molar-refractivity contribution < 1.29 is 9.53 Å². The molecule has 4 aromatic rings. The van der Waals surface area contributed by atoms with Crippen molar-refractivity contribution in [3.8, 4) is 11.3 Å². The van der Waals surface area contributed by atoms with Gasteiger partial charge in [0.05, 0.1) is 12.3 Å². The summed E-state index contributed by atoms with van der Waals surface area (Å²) >= 11 is 0. The summed E-state index contributed by atoms with van der Waals surface area (Å²) < 4.78 is 6.73. The second-order valence-electron chi connectivity index (χ2n) is 8.08. The standard InChI is InChI=1S/C21H24N8O2/c1-6-31-20(30)14-17(21(3,4)5)24-26-18(14)25-23-16-15(13-10-8-7-9-11-13)28-29-19(16)22-12(2)27-29/h7-11H,6H2,1-5H3,(H,22,27)(H,24,26). The number of esters is 1. The quantitative estimate of drug-likeness (QED) is 0.359. The van der Waals surface area contributed by atoms with Crippen LogP contribution in [0.5, 0.6) is 0 Å². The summed E-state index contributed by atoms with van der Waals surface area (Å²) in [5.74, 6) is 0.441. The molecule has 3 aromatic heterocycles. The lowest BCUT2D eigenvalue weighted by Crippen LogP contribution is -2.17. The number of rotatable bonds is 5. The maximum absolute atomic E-state index is 12.6. The SMILES string of the molecule is CCOC(=O)c1c(C(C)(C)C)n[nH]c1N=Nc1c(-c2ccccc2)nn2nc(C)[nH]c12. The minimum Gasteiger partial charge on any atom is -0.462 e. The zero-order valence-corrected chi connectivity index (χ0v) is 18.1. The van der Waals surface area contributed by atoms with E-state index in [0.29, 0.717) is 28.5 Å². The molecule has 10 heteroatoms. The van der Waals surface area contributed by atoms with E-state index in [1.807, 2.05) is 58.0 Å². The highest BCUT2D eigenvalue weighted by atomic mass is 16.5. The molecule has 0 spiro atoms. The van der Waals surface area contributed by atoms with Gasteiger partial charge in [-0.1, -0.05) is 51.1 Å². The molecular weight excluding hydrogens is 396 g/mol. The summed E-state index contributed by atoms with van der Waals surface area (Å²) in [4.78, 5) is 15.8. The summed E-state index contributed by atoms with van der Waals surface area (Å²) in [7, 11) is 0. The number of H-pyrrole nitrogens is 2. The average molecular weight is 420 g/mol. The number of hydrogen-bond donors (Lipinski definition) is 2. The van der Waals surface area contributed by atoms with Crippen LogP contribution >= 0.6 is 0 Å². The smallest absolute Gasteiger partial charge is 0.344 e. The molecule has 0 amide bonds. The maximum atomic E-state index is 12.6. The van der Waals surface area contributed by atoms with Gasteiger partial charge in [0, 0.05) is 11.0 Å². The van der Waals surface area contributed by atoms with E-state index in [2.05, 4.69) is 35.6 Å². The molecule has 0 atom stereocenters. The number of nitrogens with one attached hydrogen (secondary N) is 2. The van der Waals surface area contributed by atoms with Crippen molar-refractivity contribution in [1.29, 1.82) is 0 Å². The van der Waals surface area contributed by atoms with E-state index in [-0.39, 0.29) is 23.4 Å². The largest absolute Gasteiger partial charge is 0.462 e. The first-order valence-corrected chi connectivity index (χ1v) is 9.98. The first kappa shape index (κ1) is 20.5. The van der Waals surface area contributed by atoms with Gasteiger partial charge < -0.3 is 9.72 Å². The van der Waals surface area contributed by atoms with Gasteiger partial charge in [0.25, 0.3) is 0 Å². The zero-order chi connectivity index (χ0) is 22.2. The summed E-state index contributed by atoms with van der Waals surface area (Å²) in [6.07, 6.45) is 0. The van der Waals surface area contributed by atoms with Gasteiger partial charge in [0.1, 0.15) is 17.1 Å². The number of ether oxygens (including phenoxy) is 1. The fraction of sp³-hybridized carbons (Fsp3) is 0.333. The van der Waals surface area contributed by atoms with Crippen LogP contribution in [-0.4, -0.2) is 42.6 Å². The monoisotopic (exact) mass is 420 g/mol. The fourth-order valence-electron chi connectivity index (χ4n) is 3.25. The number of aryl methyl sites for hydroxylation is 1. The minimum atomic E-state index is -0.490. The van der Waals surface area contributed by atoms with Crippen LogP contribution < -0.4 is 0 Å². The van der Waals surface area contributed by atoms with E-state index in [4.69, 9.17) is 4.74 Å². The molecule has 10 nitrogen and oxygen atoms in total. The molecule has 160 valence electrons. The van der Waals surface area contributed by atoms with Crippen LogP contribution in [0.15, 0.2) is 40.6 Å². The van der Waals surface area contributed by atoms with Gasteiger partial charge in [0.2, 0.25) is 0 Å². The van der Waals surface area contributed by atoms with Crippen molar-refractivity contribution in [2.45, 2.75) is 40.0 Å². The molecule has 0 fully saturated rings. The number of carbonyl (C=O) groups is 1. The summed E-state index contributed by atoms with van der Waals surface area (Å²) in [6.45, 7) is 9.74. The van der Waals surface area contributed by atoms with Crippen LogP contribution in [0.4, 0.5) is 11.5 Å². The lowest BCUT2D eigenvalue weighted by molar-refractivity contribution is 0.0524. The predicted molar refractivity (Wildman–Crippen MR) is 115 cm³/mol. The van der Waals surface area contributed by atoms with Crippen LogP contribution in [0.1, 0.15) is 49.6 Å². The van der Waals surface area contributed by atoms with Crippen LogP contribution in [0, 0.1) is 6.92 Å². The lowest BCUT2D eigenvalue weighted by Gasteiger charge is -2.16. The number of fused-ring (bicyclic) bond motifs is 1. The van der Waals surface area contributed by atoms with Crippen LogP contribution in [0.2, 0.25) is 0 Å². The normalized spacial score (nSPS) is 12.2. The Hall–Kier alpha value is -3.82. The molecule has 0 saturated carbocycles. The highest BCUT2D eigenvalue weighted by Crippen LogP contribution is 2.35. The second-order valence-corrected chi connectivity index (χ2v) is 8.08. The Morgan fingerprint density at radius 2 is 1.90 bits per heavy atom.